The Balaban J connectivity index is 1.49. The van der Waals surface area contributed by atoms with Crippen LogP contribution in [0, 0.1) is 40.4 Å². The van der Waals surface area contributed by atoms with Gasteiger partial charge in [-0.3, -0.25) is 0 Å². The van der Waals surface area contributed by atoms with Crippen molar-refractivity contribution in [1.82, 2.24) is 0 Å². The van der Waals surface area contributed by atoms with Gasteiger partial charge in [-0.25, -0.2) is 0 Å². The average Bonchev–Trinajstić information content (AvgIpc) is 3.12. The molecule has 0 bridgehead atoms. The molecule has 0 aromatic carbocycles. The molecule has 7 atom stereocenters. The molecule has 31 heavy (non-hydrogen) atoms. The summed E-state index contributed by atoms with van der Waals surface area (Å²) in [5, 5.41) is 9.67. The van der Waals surface area contributed by atoms with Crippen LogP contribution in [-0.2, 0) is 0 Å². The lowest BCUT2D eigenvalue weighted by atomic mass is 9.50. The lowest BCUT2D eigenvalue weighted by Gasteiger charge is -2.54. The SMILES string of the molecule is CC/C=C(/CC[C@@H](C)[C@H]1CC[C@H]2C3=CC=C4CCCC[C@]4(C)[C@H]3CC[C@]12C)C(C)CO. The molecule has 1 nitrogen and oxygen atoms in total. The molecule has 0 radical (unpaired) electrons. The summed E-state index contributed by atoms with van der Waals surface area (Å²) >= 11 is 0. The number of allylic oxidation sites excluding steroid dienone is 5. The van der Waals surface area contributed by atoms with E-state index in [1.54, 1.807) is 5.57 Å². The molecule has 0 spiro atoms. The summed E-state index contributed by atoms with van der Waals surface area (Å²) in [4.78, 5) is 0. The number of rotatable bonds is 7. The molecule has 3 fully saturated rings. The first-order valence-electron chi connectivity index (χ1n) is 13.6. The summed E-state index contributed by atoms with van der Waals surface area (Å²) in [6.07, 6.45) is 22.4. The van der Waals surface area contributed by atoms with Crippen molar-refractivity contribution in [1.29, 1.82) is 0 Å². The Labute approximate surface area is 192 Å². The Morgan fingerprint density at radius 3 is 2.65 bits per heavy atom. The van der Waals surface area contributed by atoms with Crippen molar-refractivity contribution in [2.24, 2.45) is 40.4 Å². The lowest BCUT2D eigenvalue weighted by Crippen LogP contribution is -2.45. The fraction of sp³-hybridized carbons (Fsp3) is 0.800. The van der Waals surface area contributed by atoms with Crippen molar-refractivity contribution in [3.63, 3.8) is 0 Å². The molecule has 0 amide bonds. The minimum atomic E-state index is 0.285. The van der Waals surface area contributed by atoms with Gasteiger partial charge in [-0.05, 0) is 98.7 Å². The summed E-state index contributed by atoms with van der Waals surface area (Å²) in [5.41, 5.74) is 6.06. The van der Waals surface area contributed by atoms with E-state index in [0.717, 1.165) is 30.1 Å². The quantitative estimate of drug-likeness (QED) is 0.408. The maximum atomic E-state index is 9.67. The molecule has 0 aliphatic heterocycles. The second kappa shape index (κ2) is 9.20. The first-order valence-corrected chi connectivity index (χ1v) is 13.6. The monoisotopic (exact) mass is 424 g/mol. The molecular weight excluding hydrogens is 376 g/mol. The second-order valence-electron chi connectivity index (χ2n) is 12.1. The predicted octanol–water partition coefficient (Wildman–Crippen LogP) is 8.26. The van der Waals surface area contributed by atoms with Crippen molar-refractivity contribution >= 4 is 0 Å². The van der Waals surface area contributed by atoms with Gasteiger partial charge in [-0.2, -0.15) is 0 Å². The number of fused-ring (bicyclic) bond motifs is 5. The highest BCUT2D eigenvalue weighted by Gasteiger charge is 2.56. The van der Waals surface area contributed by atoms with E-state index in [1.165, 1.54) is 69.8 Å². The van der Waals surface area contributed by atoms with Crippen molar-refractivity contribution in [3.8, 4) is 0 Å². The Hall–Kier alpha value is -0.820. The third-order valence-corrected chi connectivity index (χ3v) is 10.5. The third-order valence-electron chi connectivity index (χ3n) is 10.5. The largest absolute Gasteiger partial charge is 0.396 e. The van der Waals surface area contributed by atoms with Crippen LogP contribution in [0.15, 0.2) is 34.9 Å². The van der Waals surface area contributed by atoms with Gasteiger partial charge in [0.2, 0.25) is 0 Å². The van der Waals surface area contributed by atoms with Crippen molar-refractivity contribution < 1.29 is 5.11 Å². The predicted molar refractivity (Wildman–Crippen MR) is 133 cm³/mol. The van der Waals surface area contributed by atoms with E-state index >= 15 is 0 Å². The summed E-state index contributed by atoms with van der Waals surface area (Å²) in [5.74, 6) is 3.59. The molecule has 174 valence electrons. The molecule has 4 aliphatic carbocycles. The Kier molecular flexibility index (Phi) is 6.93. The van der Waals surface area contributed by atoms with Gasteiger partial charge in [-0.1, -0.05) is 76.0 Å². The van der Waals surface area contributed by atoms with E-state index in [4.69, 9.17) is 0 Å². The number of hydrogen-bond donors (Lipinski definition) is 1. The van der Waals surface area contributed by atoms with Gasteiger partial charge in [-0.15, -0.1) is 0 Å². The number of aliphatic hydroxyl groups is 1. The first-order chi connectivity index (χ1) is 14.8. The van der Waals surface area contributed by atoms with Gasteiger partial charge in [0, 0.05) is 12.5 Å². The van der Waals surface area contributed by atoms with Crippen LogP contribution in [0.5, 0.6) is 0 Å². The molecule has 4 rings (SSSR count). The molecule has 0 saturated heterocycles. The molecule has 4 aliphatic rings. The van der Waals surface area contributed by atoms with E-state index in [2.05, 4.69) is 52.8 Å². The van der Waals surface area contributed by atoms with E-state index in [9.17, 15) is 5.11 Å². The molecule has 1 N–H and O–H groups in total. The fourth-order valence-corrected chi connectivity index (χ4v) is 8.54. The Morgan fingerprint density at radius 1 is 1.10 bits per heavy atom. The lowest BCUT2D eigenvalue weighted by molar-refractivity contribution is 0.0482. The van der Waals surface area contributed by atoms with Gasteiger partial charge in [0.15, 0.2) is 0 Å². The summed E-state index contributed by atoms with van der Waals surface area (Å²) < 4.78 is 0. The van der Waals surface area contributed by atoms with E-state index < -0.39 is 0 Å². The summed E-state index contributed by atoms with van der Waals surface area (Å²) in [7, 11) is 0. The maximum absolute atomic E-state index is 9.67. The standard InChI is InChI=1S/C30H48O/c1-6-9-23(22(3)20-31)12-11-21(2)26-15-16-27-25-14-13-24-10-7-8-18-29(24,4)28(25)17-19-30(26,27)5/h9,13-14,21-22,26-28,31H,6-8,10-12,15-20H2,1-5H3/b23-9-/t21-,22?,26-,27+,28+,29+,30-/m1/s1. The minimum Gasteiger partial charge on any atom is -0.396 e. The van der Waals surface area contributed by atoms with Crippen LogP contribution in [0.3, 0.4) is 0 Å². The van der Waals surface area contributed by atoms with E-state index in [0.29, 0.717) is 16.7 Å². The maximum Gasteiger partial charge on any atom is 0.0493 e. The minimum absolute atomic E-state index is 0.285. The van der Waals surface area contributed by atoms with Gasteiger partial charge in [0.1, 0.15) is 0 Å². The van der Waals surface area contributed by atoms with Crippen molar-refractivity contribution in [2.75, 3.05) is 6.61 Å². The van der Waals surface area contributed by atoms with Crippen LogP contribution in [-0.4, -0.2) is 11.7 Å². The number of aliphatic hydroxyl groups excluding tert-OH is 1. The van der Waals surface area contributed by atoms with Gasteiger partial charge in [0.25, 0.3) is 0 Å². The van der Waals surface area contributed by atoms with Crippen LogP contribution in [0.2, 0.25) is 0 Å². The van der Waals surface area contributed by atoms with Crippen molar-refractivity contribution in [3.05, 3.63) is 34.9 Å². The average molecular weight is 425 g/mol. The van der Waals surface area contributed by atoms with Gasteiger partial charge < -0.3 is 5.11 Å². The molecule has 0 aromatic heterocycles. The molecule has 0 aromatic rings. The second-order valence-corrected chi connectivity index (χ2v) is 12.1. The van der Waals surface area contributed by atoms with Crippen LogP contribution >= 0.6 is 0 Å². The summed E-state index contributed by atoms with van der Waals surface area (Å²) in [6.45, 7) is 12.5. The molecule has 1 heteroatoms. The Morgan fingerprint density at radius 2 is 1.90 bits per heavy atom. The van der Waals surface area contributed by atoms with Crippen LogP contribution in [0.1, 0.15) is 105 Å². The zero-order chi connectivity index (χ0) is 22.2. The van der Waals surface area contributed by atoms with Crippen LogP contribution < -0.4 is 0 Å². The van der Waals surface area contributed by atoms with Gasteiger partial charge in [0.05, 0.1) is 0 Å². The van der Waals surface area contributed by atoms with Gasteiger partial charge >= 0.3 is 0 Å². The zero-order valence-corrected chi connectivity index (χ0v) is 21.1. The molecule has 3 saturated carbocycles. The molecule has 1 unspecified atom stereocenters. The Bertz CT molecular complexity index is 742. The number of hydrogen-bond acceptors (Lipinski definition) is 1. The smallest absolute Gasteiger partial charge is 0.0493 e. The van der Waals surface area contributed by atoms with Crippen LogP contribution in [0.25, 0.3) is 0 Å². The highest BCUT2D eigenvalue weighted by atomic mass is 16.3. The first kappa shape index (κ1) is 23.3. The molecular formula is C30H48O. The van der Waals surface area contributed by atoms with Crippen molar-refractivity contribution in [2.45, 2.75) is 105 Å². The highest BCUT2D eigenvalue weighted by molar-refractivity contribution is 5.38. The van der Waals surface area contributed by atoms with Crippen LogP contribution in [0.4, 0.5) is 0 Å². The van der Waals surface area contributed by atoms with E-state index in [-0.39, 0.29) is 6.61 Å². The molecule has 0 heterocycles. The normalized spacial score (nSPS) is 39.7. The van der Waals surface area contributed by atoms with E-state index in [1.807, 2.05) is 5.57 Å². The fourth-order valence-electron chi connectivity index (χ4n) is 8.54. The highest BCUT2D eigenvalue weighted by Crippen LogP contribution is 2.66. The third kappa shape index (κ3) is 4.03. The zero-order valence-electron chi connectivity index (χ0n) is 21.1. The summed E-state index contributed by atoms with van der Waals surface area (Å²) in [6, 6.07) is 0. The topological polar surface area (TPSA) is 20.2 Å².